The summed E-state index contributed by atoms with van der Waals surface area (Å²) in [6, 6.07) is 18.0. The predicted octanol–water partition coefficient (Wildman–Crippen LogP) is 4.69. The van der Waals surface area contributed by atoms with Crippen LogP contribution in [0, 0.1) is 0 Å². The monoisotopic (exact) mass is 411 g/mol. The Bertz CT molecular complexity index is 1310. The highest BCUT2D eigenvalue weighted by Crippen LogP contribution is 2.37. The summed E-state index contributed by atoms with van der Waals surface area (Å²) in [5, 5.41) is 30.3. The molecule has 0 aliphatic carbocycles. The number of phenols is 2. The molecule has 0 radical (unpaired) electrons. The SMILES string of the molecule is C[C@H]1CCc2cc(-c3nncc4ccccc34)ccc2N1C(=O)c1ccc(O)cc1O. The van der Waals surface area contributed by atoms with Gasteiger partial charge in [0.1, 0.15) is 17.2 Å². The van der Waals surface area contributed by atoms with Crippen LogP contribution in [0.3, 0.4) is 0 Å². The van der Waals surface area contributed by atoms with Crippen molar-refractivity contribution in [2.75, 3.05) is 4.90 Å². The van der Waals surface area contributed by atoms with Gasteiger partial charge in [-0.15, -0.1) is 5.10 Å². The summed E-state index contributed by atoms with van der Waals surface area (Å²) >= 11 is 0. The molecule has 6 nitrogen and oxygen atoms in total. The number of benzene rings is 3. The third-order valence-electron chi connectivity index (χ3n) is 5.89. The number of aromatic hydroxyl groups is 2. The van der Waals surface area contributed by atoms with Gasteiger partial charge in [0, 0.05) is 34.1 Å². The molecule has 1 aliphatic rings. The Morgan fingerprint density at radius 2 is 1.90 bits per heavy atom. The van der Waals surface area contributed by atoms with Crippen molar-refractivity contribution in [3.05, 3.63) is 78.0 Å². The summed E-state index contributed by atoms with van der Waals surface area (Å²) < 4.78 is 0. The maximum Gasteiger partial charge on any atom is 0.262 e. The van der Waals surface area contributed by atoms with Gasteiger partial charge in [0.2, 0.25) is 0 Å². The highest BCUT2D eigenvalue weighted by atomic mass is 16.3. The molecular weight excluding hydrogens is 390 g/mol. The summed E-state index contributed by atoms with van der Waals surface area (Å²) in [7, 11) is 0. The number of amides is 1. The van der Waals surface area contributed by atoms with Crippen LogP contribution in [-0.2, 0) is 6.42 Å². The van der Waals surface area contributed by atoms with Gasteiger partial charge in [0.05, 0.1) is 11.8 Å². The molecule has 154 valence electrons. The fourth-order valence-corrected chi connectivity index (χ4v) is 4.28. The highest BCUT2D eigenvalue weighted by molar-refractivity contribution is 6.09. The van der Waals surface area contributed by atoms with Crippen LogP contribution in [0.4, 0.5) is 5.69 Å². The van der Waals surface area contributed by atoms with Crippen molar-refractivity contribution in [2.45, 2.75) is 25.8 Å². The van der Waals surface area contributed by atoms with Crippen LogP contribution in [0.25, 0.3) is 22.0 Å². The molecule has 2 N–H and O–H groups in total. The Hall–Kier alpha value is -3.93. The van der Waals surface area contributed by atoms with Gasteiger partial charge in [-0.25, -0.2) is 0 Å². The summed E-state index contributed by atoms with van der Waals surface area (Å²) in [6.07, 6.45) is 3.40. The summed E-state index contributed by atoms with van der Waals surface area (Å²) in [5.74, 6) is -0.599. The van der Waals surface area contributed by atoms with E-state index in [2.05, 4.69) is 16.3 Å². The van der Waals surface area contributed by atoms with Gasteiger partial charge in [-0.05, 0) is 49.6 Å². The van der Waals surface area contributed by atoms with Gasteiger partial charge in [0.15, 0.2) is 0 Å². The van der Waals surface area contributed by atoms with Gasteiger partial charge >= 0.3 is 0 Å². The average molecular weight is 411 g/mol. The zero-order chi connectivity index (χ0) is 21.5. The van der Waals surface area contributed by atoms with Gasteiger partial charge in [-0.2, -0.15) is 5.10 Å². The molecule has 4 aromatic rings. The first kappa shape index (κ1) is 19.1. The van der Waals surface area contributed by atoms with E-state index < -0.39 is 0 Å². The van der Waals surface area contributed by atoms with Crippen LogP contribution >= 0.6 is 0 Å². The van der Waals surface area contributed by atoms with Crippen LogP contribution in [0.1, 0.15) is 29.3 Å². The molecule has 1 aromatic heterocycles. The zero-order valence-corrected chi connectivity index (χ0v) is 17.0. The molecule has 0 spiro atoms. The summed E-state index contributed by atoms with van der Waals surface area (Å²) in [5.41, 5.74) is 3.82. The van der Waals surface area contributed by atoms with E-state index in [9.17, 15) is 15.0 Å². The Kier molecular flexibility index (Phi) is 4.55. The van der Waals surface area contributed by atoms with Gasteiger partial charge in [-0.3, -0.25) is 4.79 Å². The molecule has 1 aliphatic heterocycles. The topological polar surface area (TPSA) is 86.6 Å². The second kappa shape index (κ2) is 7.40. The number of aryl methyl sites for hydroxylation is 1. The van der Waals surface area contributed by atoms with E-state index in [0.29, 0.717) is 0 Å². The van der Waals surface area contributed by atoms with Gasteiger partial charge in [0.25, 0.3) is 5.91 Å². The first-order chi connectivity index (χ1) is 15.0. The van der Waals surface area contributed by atoms with Crippen molar-refractivity contribution in [1.82, 2.24) is 10.2 Å². The van der Waals surface area contributed by atoms with Crippen molar-refractivity contribution in [3.63, 3.8) is 0 Å². The van der Waals surface area contributed by atoms with E-state index in [1.165, 1.54) is 18.2 Å². The fourth-order valence-electron chi connectivity index (χ4n) is 4.28. The first-order valence-electron chi connectivity index (χ1n) is 10.2. The van der Waals surface area contributed by atoms with Crippen molar-refractivity contribution in [2.24, 2.45) is 0 Å². The second-order valence-corrected chi connectivity index (χ2v) is 7.89. The molecule has 0 bridgehead atoms. The molecule has 3 aromatic carbocycles. The third kappa shape index (κ3) is 3.26. The lowest BCUT2D eigenvalue weighted by atomic mass is 9.92. The van der Waals surface area contributed by atoms with Crippen molar-refractivity contribution in [1.29, 1.82) is 0 Å². The quantitative estimate of drug-likeness (QED) is 0.500. The molecule has 0 saturated carbocycles. The molecule has 0 fully saturated rings. The molecular formula is C25H21N3O3. The summed E-state index contributed by atoms with van der Waals surface area (Å²) in [6.45, 7) is 2.00. The van der Waals surface area contributed by atoms with E-state index in [4.69, 9.17) is 0 Å². The number of carbonyl (C=O) groups is 1. The van der Waals surface area contributed by atoms with Crippen LogP contribution in [0.5, 0.6) is 11.5 Å². The molecule has 31 heavy (non-hydrogen) atoms. The number of carbonyl (C=O) groups excluding carboxylic acids is 1. The number of fused-ring (bicyclic) bond motifs is 2. The smallest absolute Gasteiger partial charge is 0.262 e. The Morgan fingerprint density at radius 1 is 1.06 bits per heavy atom. The van der Waals surface area contributed by atoms with Crippen molar-refractivity contribution in [3.8, 4) is 22.8 Å². The van der Waals surface area contributed by atoms with E-state index >= 15 is 0 Å². The second-order valence-electron chi connectivity index (χ2n) is 7.89. The molecule has 1 amide bonds. The maximum atomic E-state index is 13.3. The Balaban J connectivity index is 1.58. The third-order valence-corrected chi connectivity index (χ3v) is 5.89. The normalized spacial score (nSPS) is 15.6. The van der Waals surface area contributed by atoms with Gasteiger partial charge < -0.3 is 15.1 Å². The predicted molar refractivity (Wildman–Crippen MR) is 119 cm³/mol. The number of rotatable bonds is 2. The van der Waals surface area contributed by atoms with Crippen molar-refractivity contribution >= 4 is 22.4 Å². The number of hydrogen-bond donors (Lipinski definition) is 2. The van der Waals surface area contributed by atoms with Crippen LogP contribution in [-0.4, -0.2) is 32.4 Å². The molecule has 0 unspecified atom stereocenters. The first-order valence-corrected chi connectivity index (χ1v) is 10.2. The molecule has 0 saturated heterocycles. The minimum atomic E-state index is -0.288. The summed E-state index contributed by atoms with van der Waals surface area (Å²) in [4.78, 5) is 15.0. The Morgan fingerprint density at radius 3 is 2.74 bits per heavy atom. The van der Waals surface area contributed by atoms with Crippen LogP contribution in [0.15, 0.2) is 66.9 Å². The van der Waals surface area contributed by atoms with Crippen molar-refractivity contribution < 1.29 is 15.0 Å². The standard InChI is InChI=1S/C25H21N3O3/c1-15-6-7-16-12-17(24-20-5-3-2-4-18(20)14-26-27-24)8-11-22(16)28(15)25(31)21-10-9-19(29)13-23(21)30/h2-5,8-15,29-30H,6-7H2,1H3/t15-/m0/s1. The fraction of sp³-hybridized carbons (Fsp3) is 0.160. The maximum absolute atomic E-state index is 13.3. The van der Waals surface area contributed by atoms with Crippen LogP contribution in [0.2, 0.25) is 0 Å². The number of anilines is 1. The lowest BCUT2D eigenvalue weighted by molar-refractivity contribution is 0.0972. The largest absolute Gasteiger partial charge is 0.508 e. The number of phenolic OH excluding ortho intramolecular Hbond substituents is 2. The zero-order valence-electron chi connectivity index (χ0n) is 17.0. The minimum absolute atomic E-state index is 0.0172. The molecule has 2 heterocycles. The average Bonchev–Trinajstić information content (AvgIpc) is 2.78. The molecule has 5 rings (SSSR count). The Labute approximate surface area is 179 Å². The lowest BCUT2D eigenvalue weighted by Crippen LogP contribution is -2.42. The van der Waals surface area contributed by atoms with Crippen LogP contribution < -0.4 is 4.90 Å². The minimum Gasteiger partial charge on any atom is -0.508 e. The highest BCUT2D eigenvalue weighted by Gasteiger charge is 2.30. The van der Waals surface area contributed by atoms with E-state index in [0.717, 1.165) is 46.1 Å². The molecule has 6 heteroatoms. The number of hydrogen-bond acceptors (Lipinski definition) is 5. The number of nitrogens with zero attached hydrogens (tertiary/aromatic N) is 3. The van der Waals surface area contributed by atoms with Gasteiger partial charge in [-0.1, -0.05) is 30.3 Å². The van der Waals surface area contributed by atoms with E-state index in [1.54, 1.807) is 11.1 Å². The van der Waals surface area contributed by atoms with E-state index in [1.807, 2.05) is 43.3 Å². The van der Waals surface area contributed by atoms with E-state index in [-0.39, 0.29) is 29.0 Å². The molecule has 1 atom stereocenters. The lowest BCUT2D eigenvalue weighted by Gasteiger charge is -2.35. The number of aromatic nitrogens is 2.